The summed E-state index contributed by atoms with van der Waals surface area (Å²) in [6.45, 7) is 8.54. The van der Waals surface area contributed by atoms with Crippen LogP contribution in [0.1, 0.15) is 34.6 Å². The van der Waals surface area contributed by atoms with E-state index < -0.39 is 56.0 Å². The molecule has 8 heteroatoms. The molecule has 4 atom stereocenters. The van der Waals surface area contributed by atoms with Crippen molar-refractivity contribution in [3.63, 3.8) is 0 Å². The highest BCUT2D eigenvalue weighted by atomic mass is 32.2. The van der Waals surface area contributed by atoms with E-state index in [0.717, 1.165) is 0 Å². The standard InChI is InChI=1S/C9H13NO4S.C5H10O2/c1-9(2)5(8(13)14)10-6(12)4(11)7(10)15(9)3;1-5(2,3)4(6)7/h4-5,7,11H,3H2,1-2H3,(H,13,14);1-3H3,(H,6,7)/t4-,5-,7+,15?;/m0./s1. The average Bonchev–Trinajstić information content (AvgIpc) is 2.54. The molecule has 2 aliphatic rings. The van der Waals surface area contributed by atoms with E-state index in [4.69, 9.17) is 10.2 Å². The number of aliphatic hydroxyl groups excluding tert-OH is 1. The van der Waals surface area contributed by atoms with Gasteiger partial charge in [-0.2, -0.15) is 10.5 Å². The minimum atomic E-state index is -1.06. The van der Waals surface area contributed by atoms with Crippen LogP contribution in [-0.2, 0) is 14.4 Å². The SMILES string of the molecule is C=S1[C@@H]2[C@@H](O)C(=O)N2[C@@H](C(=O)O)C1(C)C.CC(C)(C)C(=O)O. The fourth-order valence-corrected chi connectivity index (χ4v) is 4.29. The zero-order chi connectivity index (χ0) is 17.6. The lowest BCUT2D eigenvalue weighted by atomic mass is 9.97. The van der Waals surface area contributed by atoms with E-state index in [1.807, 2.05) is 0 Å². The molecule has 0 radical (unpaired) electrons. The Morgan fingerprint density at radius 2 is 1.68 bits per heavy atom. The molecule has 1 unspecified atom stereocenters. The van der Waals surface area contributed by atoms with Crippen molar-refractivity contribution in [3.8, 4) is 0 Å². The zero-order valence-electron chi connectivity index (χ0n) is 13.4. The average molecular weight is 333 g/mol. The van der Waals surface area contributed by atoms with Gasteiger partial charge in [0.15, 0.2) is 6.10 Å². The molecular weight excluding hydrogens is 310 g/mol. The molecule has 0 aromatic rings. The largest absolute Gasteiger partial charge is 0.481 e. The number of fused-ring (bicyclic) bond motifs is 1. The summed E-state index contributed by atoms with van der Waals surface area (Å²) in [6.07, 6.45) is -1.06. The molecule has 2 heterocycles. The van der Waals surface area contributed by atoms with E-state index in [1.54, 1.807) is 34.6 Å². The Hall–Kier alpha value is -1.41. The van der Waals surface area contributed by atoms with Gasteiger partial charge < -0.3 is 20.2 Å². The predicted molar refractivity (Wildman–Crippen MR) is 83.9 cm³/mol. The van der Waals surface area contributed by atoms with Gasteiger partial charge in [-0.3, -0.25) is 9.59 Å². The van der Waals surface area contributed by atoms with Crippen molar-refractivity contribution in [1.29, 1.82) is 0 Å². The second-order valence-electron chi connectivity index (χ2n) is 6.91. The Bertz CT molecular complexity index is 536. The van der Waals surface area contributed by atoms with Crippen LogP contribution in [0.15, 0.2) is 0 Å². The predicted octanol–water partition coefficient (Wildman–Crippen LogP) is 0.579. The molecule has 3 N–H and O–H groups in total. The van der Waals surface area contributed by atoms with E-state index in [1.165, 1.54) is 4.90 Å². The second-order valence-corrected chi connectivity index (χ2v) is 9.30. The first-order valence-corrected chi connectivity index (χ1v) is 8.19. The van der Waals surface area contributed by atoms with Gasteiger partial charge in [-0.15, -0.1) is 0 Å². The first-order chi connectivity index (χ1) is 9.74. The second kappa shape index (κ2) is 5.66. The van der Waals surface area contributed by atoms with Crippen molar-refractivity contribution in [3.05, 3.63) is 0 Å². The van der Waals surface area contributed by atoms with E-state index >= 15 is 0 Å². The molecule has 0 bridgehead atoms. The van der Waals surface area contributed by atoms with Crippen molar-refractivity contribution >= 4 is 34.2 Å². The third-order valence-corrected chi connectivity index (χ3v) is 6.47. The van der Waals surface area contributed by atoms with Crippen LogP contribution in [0.4, 0.5) is 0 Å². The molecule has 7 nitrogen and oxygen atoms in total. The van der Waals surface area contributed by atoms with Gasteiger partial charge in [-0.1, -0.05) is 5.87 Å². The third-order valence-electron chi connectivity index (χ3n) is 3.83. The number of aliphatic hydroxyl groups is 1. The van der Waals surface area contributed by atoms with Gasteiger partial charge in [-0.05, 0) is 34.6 Å². The lowest BCUT2D eigenvalue weighted by Crippen LogP contribution is -2.65. The van der Waals surface area contributed by atoms with E-state index in [2.05, 4.69) is 5.87 Å². The maximum atomic E-state index is 11.4. The molecule has 2 saturated heterocycles. The van der Waals surface area contributed by atoms with Crippen molar-refractivity contribution in [1.82, 2.24) is 4.90 Å². The Balaban J connectivity index is 0.000000295. The number of carboxylic acids is 2. The van der Waals surface area contributed by atoms with E-state index in [-0.39, 0.29) is 0 Å². The zero-order valence-corrected chi connectivity index (χ0v) is 14.2. The minimum absolute atomic E-state index is 0.409. The van der Waals surface area contributed by atoms with Crippen molar-refractivity contribution < 1.29 is 29.7 Å². The maximum absolute atomic E-state index is 11.4. The molecule has 22 heavy (non-hydrogen) atoms. The molecule has 2 fully saturated rings. The van der Waals surface area contributed by atoms with Crippen LogP contribution >= 0.6 is 10.5 Å². The number of hydrogen-bond acceptors (Lipinski definition) is 4. The highest BCUT2D eigenvalue weighted by Crippen LogP contribution is 2.54. The number of aliphatic carboxylic acids is 2. The van der Waals surface area contributed by atoms with Gasteiger partial charge >= 0.3 is 11.9 Å². The summed E-state index contributed by atoms with van der Waals surface area (Å²) in [4.78, 5) is 33.8. The first-order valence-electron chi connectivity index (χ1n) is 6.74. The summed E-state index contributed by atoms with van der Waals surface area (Å²) in [5.74, 6) is 1.63. The summed E-state index contributed by atoms with van der Waals surface area (Å²) in [5, 5.41) is 26.4. The Morgan fingerprint density at radius 3 is 2.00 bits per heavy atom. The van der Waals surface area contributed by atoms with Gasteiger partial charge in [0.1, 0.15) is 11.4 Å². The summed E-state index contributed by atoms with van der Waals surface area (Å²) in [7, 11) is -0.548. The minimum Gasteiger partial charge on any atom is -0.481 e. The summed E-state index contributed by atoms with van der Waals surface area (Å²) in [6, 6.07) is -0.862. The smallest absolute Gasteiger partial charge is 0.327 e. The topological polar surface area (TPSA) is 115 Å². The van der Waals surface area contributed by atoms with E-state index in [0.29, 0.717) is 0 Å². The molecular formula is C14H23NO6S. The number of nitrogens with zero attached hydrogens (tertiary/aromatic N) is 1. The van der Waals surface area contributed by atoms with Crippen LogP contribution in [0.25, 0.3) is 0 Å². The molecule has 0 saturated carbocycles. The van der Waals surface area contributed by atoms with Gasteiger partial charge in [0.05, 0.1) is 5.41 Å². The van der Waals surface area contributed by atoms with Crippen LogP contribution in [0.2, 0.25) is 0 Å². The van der Waals surface area contributed by atoms with Crippen molar-refractivity contribution in [2.75, 3.05) is 0 Å². The monoisotopic (exact) mass is 333 g/mol. The quantitative estimate of drug-likeness (QED) is 0.477. The number of carbonyl (C=O) groups excluding carboxylic acids is 1. The highest BCUT2D eigenvalue weighted by molar-refractivity contribution is 8.16. The molecule has 2 aliphatic heterocycles. The number of carbonyl (C=O) groups is 3. The fraction of sp³-hybridized carbons (Fsp3) is 0.714. The normalized spacial score (nSPS) is 32.5. The van der Waals surface area contributed by atoms with Crippen molar-refractivity contribution in [2.45, 2.75) is 56.9 Å². The summed E-state index contributed by atoms with van der Waals surface area (Å²) < 4.78 is -0.580. The summed E-state index contributed by atoms with van der Waals surface area (Å²) >= 11 is 0. The number of β-lactam (4-membered cyclic amide) rings is 1. The van der Waals surface area contributed by atoms with E-state index in [9.17, 15) is 19.5 Å². The lowest BCUT2D eigenvalue weighted by Gasteiger charge is -2.41. The van der Waals surface area contributed by atoms with Gasteiger partial charge in [-0.25, -0.2) is 4.79 Å². The molecule has 0 aliphatic carbocycles. The molecule has 0 aromatic carbocycles. The van der Waals surface area contributed by atoms with Gasteiger partial charge in [0.2, 0.25) is 0 Å². The highest BCUT2D eigenvalue weighted by Gasteiger charge is 2.64. The number of amides is 1. The third kappa shape index (κ3) is 2.89. The molecule has 126 valence electrons. The Morgan fingerprint density at radius 1 is 1.27 bits per heavy atom. The summed E-state index contributed by atoms with van der Waals surface area (Å²) in [5.41, 5.74) is -0.583. The number of hydrogen-bond donors (Lipinski definition) is 3. The van der Waals surface area contributed by atoms with Crippen LogP contribution in [0, 0.1) is 5.41 Å². The number of carboxylic acid groups (broad SMARTS) is 2. The van der Waals surface area contributed by atoms with Crippen molar-refractivity contribution in [2.24, 2.45) is 5.41 Å². The Labute approximate surface area is 131 Å². The van der Waals surface area contributed by atoms with Crippen LogP contribution in [-0.4, -0.2) is 66.2 Å². The van der Waals surface area contributed by atoms with Crippen LogP contribution in [0.5, 0.6) is 0 Å². The molecule has 0 spiro atoms. The molecule has 0 aromatic heterocycles. The molecule has 1 amide bonds. The fourth-order valence-electron chi connectivity index (χ4n) is 2.24. The van der Waals surface area contributed by atoms with Gasteiger partial charge in [0.25, 0.3) is 5.91 Å². The Kier molecular flexibility index (Phi) is 4.79. The van der Waals surface area contributed by atoms with Crippen LogP contribution < -0.4 is 0 Å². The first kappa shape index (κ1) is 18.6. The van der Waals surface area contributed by atoms with Crippen LogP contribution in [0.3, 0.4) is 0 Å². The number of rotatable bonds is 1. The maximum Gasteiger partial charge on any atom is 0.327 e. The lowest BCUT2D eigenvalue weighted by molar-refractivity contribution is -0.169. The molecule has 2 rings (SSSR count). The van der Waals surface area contributed by atoms with Gasteiger partial charge in [0, 0.05) is 4.75 Å².